The van der Waals surface area contributed by atoms with E-state index in [-0.39, 0.29) is 6.61 Å². The monoisotopic (exact) mass is 387 g/mol. The Kier molecular flexibility index (Phi) is 4.14. The summed E-state index contributed by atoms with van der Waals surface area (Å²) < 4.78 is 47.1. The summed E-state index contributed by atoms with van der Waals surface area (Å²) in [6.07, 6.45) is -2.58. The van der Waals surface area contributed by atoms with E-state index in [1.165, 1.54) is 12.1 Å². The van der Waals surface area contributed by atoms with E-state index >= 15 is 0 Å². The highest BCUT2D eigenvalue weighted by molar-refractivity contribution is 6.10. The van der Waals surface area contributed by atoms with Crippen molar-refractivity contribution >= 4 is 27.9 Å². The smallest absolute Gasteiger partial charge is 0.416 e. The molecular weight excluding hydrogens is 371 g/mol. The van der Waals surface area contributed by atoms with E-state index in [0.29, 0.717) is 16.9 Å². The largest absolute Gasteiger partial charge is 0.462 e. The van der Waals surface area contributed by atoms with Crippen molar-refractivity contribution in [3.05, 3.63) is 59.8 Å². The molecular formula is C20H16F3N3O2. The number of alkyl halides is 3. The molecule has 0 atom stereocenters. The highest BCUT2D eigenvalue weighted by Crippen LogP contribution is 2.34. The Morgan fingerprint density at radius 1 is 1.11 bits per heavy atom. The Morgan fingerprint density at radius 3 is 2.46 bits per heavy atom. The van der Waals surface area contributed by atoms with Crippen LogP contribution in [0.2, 0.25) is 0 Å². The summed E-state index contributed by atoms with van der Waals surface area (Å²) in [5.74, 6) is -0.427. The van der Waals surface area contributed by atoms with Crippen LogP contribution in [0.25, 0.3) is 27.6 Å². The molecule has 0 amide bonds. The van der Waals surface area contributed by atoms with Gasteiger partial charge in [0.1, 0.15) is 0 Å². The van der Waals surface area contributed by atoms with E-state index in [4.69, 9.17) is 4.74 Å². The van der Waals surface area contributed by atoms with Crippen LogP contribution in [-0.4, -0.2) is 26.9 Å². The van der Waals surface area contributed by atoms with Gasteiger partial charge in [-0.3, -0.25) is 9.25 Å². The van der Waals surface area contributed by atoms with Gasteiger partial charge in [0, 0.05) is 29.7 Å². The number of carbonyl (C=O) groups excluding carboxylic acids is 1. The second-order valence-corrected chi connectivity index (χ2v) is 6.37. The van der Waals surface area contributed by atoms with E-state index in [1.54, 1.807) is 41.4 Å². The van der Waals surface area contributed by atoms with Crippen molar-refractivity contribution in [1.82, 2.24) is 14.3 Å². The summed E-state index contributed by atoms with van der Waals surface area (Å²) in [5, 5.41) is 6.02. The molecule has 0 aliphatic carbocycles. The van der Waals surface area contributed by atoms with Crippen molar-refractivity contribution < 1.29 is 22.7 Å². The second-order valence-electron chi connectivity index (χ2n) is 6.37. The number of hydrogen-bond acceptors (Lipinski definition) is 3. The summed E-state index contributed by atoms with van der Waals surface area (Å²) >= 11 is 0. The minimum absolute atomic E-state index is 0.270. The van der Waals surface area contributed by atoms with Crippen LogP contribution in [0, 0.1) is 0 Å². The van der Waals surface area contributed by atoms with Crippen LogP contribution in [-0.2, 0) is 18.0 Å². The van der Waals surface area contributed by atoms with Crippen molar-refractivity contribution in [2.24, 2.45) is 7.05 Å². The molecule has 8 heteroatoms. The van der Waals surface area contributed by atoms with Crippen LogP contribution in [0.15, 0.2) is 48.7 Å². The molecule has 0 fully saturated rings. The molecule has 0 N–H and O–H groups in total. The zero-order valence-electron chi connectivity index (χ0n) is 15.1. The van der Waals surface area contributed by atoms with Gasteiger partial charge in [0.15, 0.2) is 5.65 Å². The number of ether oxygens (including phenoxy) is 1. The lowest BCUT2D eigenvalue weighted by Gasteiger charge is -2.10. The van der Waals surface area contributed by atoms with Gasteiger partial charge in [-0.05, 0) is 49.4 Å². The van der Waals surface area contributed by atoms with Gasteiger partial charge in [0.05, 0.1) is 23.3 Å². The summed E-state index contributed by atoms with van der Waals surface area (Å²) in [5.41, 5.74) is 1.58. The average Bonchev–Trinajstić information content (AvgIpc) is 3.15. The van der Waals surface area contributed by atoms with Gasteiger partial charge < -0.3 is 4.74 Å². The second kappa shape index (κ2) is 6.40. The number of hydrogen-bond donors (Lipinski definition) is 0. The maximum absolute atomic E-state index is 12.9. The first-order chi connectivity index (χ1) is 13.3. The SMILES string of the molecule is CCOC(=O)c1ccc2c(c1)c1cn(C)nc1n2-c1ccc(C(F)(F)F)cc1. The van der Waals surface area contributed by atoms with Gasteiger partial charge in [-0.2, -0.15) is 18.3 Å². The lowest BCUT2D eigenvalue weighted by atomic mass is 10.1. The summed E-state index contributed by atoms with van der Waals surface area (Å²) in [7, 11) is 1.76. The fraction of sp³-hybridized carbons (Fsp3) is 0.200. The molecule has 0 saturated carbocycles. The van der Waals surface area contributed by atoms with Crippen LogP contribution >= 0.6 is 0 Å². The first-order valence-corrected chi connectivity index (χ1v) is 8.62. The molecule has 4 rings (SSSR count). The quantitative estimate of drug-likeness (QED) is 0.478. The van der Waals surface area contributed by atoms with Crippen LogP contribution in [0.5, 0.6) is 0 Å². The fourth-order valence-electron chi connectivity index (χ4n) is 3.29. The Bertz CT molecular complexity index is 1190. The van der Waals surface area contributed by atoms with Gasteiger partial charge in [0.2, 0.25) is 0 Å². The number of esters is 1. The number of benzene rings is 2. The number of fused-ring (bicyclic) bond motifs is 3. The van der Waals surface area contributed by atoms with Crippen LogP contribution in [0.1, 0.15) is 22.8 Å². The zero-order valence-corrected chi connectivity index (χ0v) is 15.1. The van der Waals surface area contributed by atoms with Gasteiger partial charge in [-0.1, -0.05) is 0 Å². The lowest BCUT2D eigenvalue weighted by Crippen LogP contribution is -2.05. The highest BCUT2D eigenvalue weighted by atomic mass is 19.4. The van der Waals surface area contributed by atoms with E-state index in [0.717, 1.165) is 28.4 Å². The fourth-order valence-corrected chi connectivity index (χ4v) is 3.29. The normalized spacial score (nSPS) is 12.0. The Balaban J connectivity index is 1.93. The molecule has 0 aliphatic heterocycles. The molecule has 2 aromatic carbocycles. The Morgan fingerprint density at radius 2 is 1.82 bits per heavy atom. The molecule has 0 saturated heterocycles. The Labute approximate surface area is 157 Å². The van der Waals surface area contributed by atoms with Crippen molar-refractivity contribution in [1.29, 1.82) is 0 Å². The minimum Gasteiger partial charge on any atom is -0.462 e. The lowest BCUT2D eigenvalue weighted by molar-refractivity contribution is -0.137. The summed E-state index contributed by atoms with van der Waals surface area (Å²) in [6, 6.07) is 10.0. The number of rotatable bonds is 3. The molecule has 5 nitrogen and oxygen atoms in total. The maximum Gasteiger partial charge on any atom is 0.416 e. The molecule has 2 heterocycles. The number of aryl methyl sites for hydroxylation is 1. The van der Waals surface area contributed by atoms with Crippen LogP contribution in [0.3, 0.4) is 0 Å². The first kappa shape index (κ1) is 18.1. The molecule has 144 valence electrons. The standard InChI is InChI=1S/C20H16F3N3O2/c1-3-28-19(27)12-4-9-17-15(10-12)16-11-25(2)24-18(16)26(17)14-7-5-13(6-8-14)20(21,22)23/h4-11H,3H2,1-2H3. The van der Waals surface area contributed by atoms with Crippen LogP contribution < -0.4 is 0 Å². The van der Waals surface area contributed by atoms with Crippen molar-refractivity contribution in [2.75, 3.05) is 6.61 Å². The van der Waals surface area contributed by atoms with Crippen molar-refractivity contribution in [3.63, 3.8) is 0 Å². The maximum atomic E-state index is 12.9. The van der Waals surface area contributed by atoms with E-state index in [2.05, 4.69) is 5.10 Å². The molecule has 0 bridgehead atoms. The number of nitrogens with zero attached hydrogens (tertiary/aromatic N) is 3. The third kappa shape index (κ3) is 2.90. The minimum atomic E-state index is -4.40. The van der Waals surface area contributed by atoms with Crippen LogP contribution in [0.4, 0.5) is 13.2 Å². The predicted octanol–water partition coefficient (Wildman–Crippen LogP) is 4.71. The molecule has 0 spiro atoms. The van der Waals surface area contributed by atoms with Crippen molar-refractivity contribution in [2.45, 2.75) is 13.1 Å². The summed E-state index contributed by atoms with van der Waals surface area (Å²) in [6.45, 7) is 2.00. The predicted molar refractivity (Wildman–Crippen MR) is 98.5 cm³/mol. The number of carbonyl (C=O) groups is 1. The Hall–Kier alpha value is -3.29. The number of aromatic nitrogens is 3. The topological polar surface area (TPSA) is 49.1 Å². The molecule has 0 unspecified atom stereocenters. The number of halogens is 3. The van der Waals surface area contributed by atoms with Gasteiger partial charge in [-0.25, -0.2) is 4.79 Å². The van der Waals surface area contributed by atoms with Crippen molar-refractivity contribution in [3.8, 4) is 5.69 Å². The van der Waals surface area contributed by atoms with E-state index < -0.39 is 17.7 Å². The van der Waals surface area contributed by atoms with Gasteiger partial charge >= 0.3 is 12.1 Å². The molecule has 0 aliphatic rings. The third-order valence-electron chi connectivity index (χ3n) is 4.51. The van der Waals surface area contributed by atoms with E-state index in [1.807, 2.05) is 6.20 Å². The summed E-state index contributed by atoms with van der Waals surface area (Å²) in [4.78, 5) is 12.1. The van der Waals surface area contributed by atoms with E-state index in [9.17, 15) is 18.0 Å². The average molecular weight is 387 g/mol. The zero-order chi connectivity index (χ0) is 20.1. The third-order valence-corrected chi connectivity index (χ3v) is 4.51. The molecule has 28 heavy (non-hydrogen) atoms. The van der Waals surface area contributed by atoms with Gasteiger partial charge in [0.25, 0.3) is 0 Å². The first-order valence-electron chi connectivity index (χ1n) is 8.62. The molecule has 2 aromatic heterocycles. The molecule has 4 aromatic rings. The molecule has 0 radical (unpaired) electrons. The highest BCUT2D eigenvalue weighted by Gasteiger charge is 2.30. The van der Waals surface area contributed by atoms with Gasteiger partial charge in [-0.15, -0.1) is 0 Å².